The van der Waals surface area contributed by atoms with Crippen LogP contribution in [0.2, 0.25) is 0 Å². The molecule has 0 spiro atoms. The third-order valence-corrected chi connectivity index (χ3v) is 6.69. The molecule has 0 aromatic carbocycles. The number of sulfone groups is 1. The molecule has 0 radical (unpaired) electrons. The summed E-state index contributed by atoms with van der Waals surface area (Å²) in [6, 6.07) is 1.43. The van der Waals surface area contributed by atoms with E-state index in [1.807, 2.05) is 11.9 Å². The molecule has 0 amide bonds. The maximum atomic E-state index is 11.6. The summed E-state index contributed by atoms with van der Waals surface area (Å²) in [7, 11) is -1.59. The van der Waals surface area contributed by atoms with Crippen LogP contribution in [0, 0.1) is 10.1 Å². The smallest absolute Gasteiger partial charge is 0.305 e. The zero-order valence-corrected chi connectivity index (χ0v) is 13.2. The van der Waals surface area contributed by atoms with Crippen molar-refractivity contribution >= 4 is 31.9 Å². The van der Waals surface area contributed by atoms with Crippen LogP contribution in [0.5, 0.6) is 0 Å². The molecular formula is C12H18N2O4S2. The predicted molar refractivity (Wildman–Crippen MR) is 79.4 cm³/mol. The number of hydrogen-bond acceptors (Lipinski definition) is 6. The average Bonchev–Trinajstić information content (AvgIpc) is 2.84. The van der Waals surface area contributed by atoms with Gasteiger partial charge in [-0.1, -0.05) is 30.6 Å². The van der Waals surface area contributed by atoms with Crippen molar-refractivity contribution in [1.82, 2.24) is 0 Å². The normalized spacial score (nSPS) is 17.1. The van der Waals surface area contributed by atoms with Crippen molar-refractivity contribution in [1.29, 1.82) is 0 Å². The molecule has 0 bridgehead atoms. The van der Waals surface area contributed by atoms with E-state index in [0.717, 1.165) is 43.3 Å². The first-order chi connectivity index (χ1) is 9.30. The van der Waals surface area contributed by atoms with Gasteiger partial charge in [-0.3, -0.25) is 10.1 Å². The molecule has 2 rings (SSSR count). The minimum atomic E-state index is -3.41. The maximum absolute atomic E-state index is 11.6. The summed E-state index contributed by atoms with van der Waals surface area (Å²) >= 11 is 0.993. The van der Waals surface area contributed by atoms with Crippen LogP contribution in [-0.2, 0) is 9.84 Å². The molecule has 0 unspecified atom stereocenters. The predicted octanol–water partition coefficient (Wildman–Crippen LogP) is 2.83. The number of anilines is 1. The molecule has 1 fully saturated rings. The van der Waals surface area contributed by atoms with Crippen molar-refractivity contribution in [2.45, 2.75) is 42.4 Å². The zero-order valence-electron chi connectivity index (χ0n) is 11.5. The van der Waals surface area contributed by atoms with Crippen molar-refractivity contribution in [3.05, 3.63) is 16.2 Å². The van der Waals surface area contributed by atoms with Gasteiger partial charge in [-0.2, -0.15) is 0 Å². The van der Waals surface area contributed by atoms with Gasteiger partial charge in [-0.25, -0.2) is 8.42 Å². The first-order valence-corrected chi connectivity index (χ1v) is 9.22. The summed E-state index contributed by atoms with van der Waals surface area (Å²) in [6.07, 6.45) is 6.51. The standard InChI is InChI=1S/C12H18N2O4S2/c1-13(9-6-4-3-5-7-9)12-10(14(15)16)8-11(19-12)20(2,17)18/h8-9H,3-7H2,1-2H3. The molecule has 20 heavy (non-hydrogen) atoms. The second kappa shape index (κ2) is 5.69. The van der Waals surface area contributed by atoms with Crippen LogP contribution in [0.25, 0.3) is 0 Å². The lowest BCUT2D eigenvalue weighted by molar-refractivity contribution is -0.383. The SMILES string of the molecule is CN(c1sc(S(C)(=O)=O)cc1[N+](=O)[O-])C1CCCCC1. The highest BCUT2D eigenvalue weighted by Gasteiger charge is 2.29. The van der Waals surface area contributed by atoms with E-state index < -0.39 is 14.8 Å². The molecule has 0 N–H and O–H groups in total. The van der Waals surface area contributed by atoms with Crippen LogP contribution in [0.1, 0.15) is 32.1 Å². The van der Waals surface area contributed by atoms with Crippen molar-refractivity contribution in [3.8, 4) is 0 Å². The third-order valence-electron chi connectivity index (χ3n) is 3.68. The molecule has 1 aliphatic rings. The number of thiophene rings is 1. The Labute approximate surface area is 122 Å². The molecule has 8 heteroatoms. The quantitative estimate of drug-likeness (QED) is 0.630. The molecule has 1 aromatic rings. The van der Waals surface area contributed by atoms with Crippen LogP contribution in [0.3, 0.4) is 0 Å². The lowest BCUT2D eigenvalue weighted by Gasteiger charge is -2.31. The van der Waals surface area contributed by atoms with Crippen LogP contribution in [-0.4, -0.2) is 32.7 Å². The summed E-state index contributed by atoms with van der Waals surface area (Å²) in [5.41, 5.74) is -0.108. The van der Waals surface area contributed by atoms with Gasteiger partial charge in [0.05, 0.1) is 4.92 Å². The van der Waals surface area contributed by atoms with Crippen LogP contribution < -0.4 is 4.90 Å². The van der Waals surface area contributed by atoms with Gasteiger partial charge >= 0.3 is 5.69 Å². The van der Waals surface area contributed by atoms with Crippen molar-refractivity contribution < 1.29 is 13.3 Å². The van der Waals surface area contributed by atoms with E-state index in [9.17, 15) is 18.5 Å². The highest BCUT2D eigenvalue weighted by Crippen LogP contribution is 2.41. The second-order valence-corrected chi connectivity index (χ2v) is 8.46. The van der Waals surface area contributed by atoms with Crippen LogP contribution in [0.15, 0.2) is 10.3 Å². The molecule has 1 heterocycles. The van der Waals surface area contributed by atoms with Crippen molar-refractivity contribution in [2.75, 3.05) is 18.2 Å². The van der Waals surface area contributed by atoms with E-state index in [-0.39, 0.29) is 15.9 Å². The van der Waals surface area contributed by atoms with Gasteiger partial charge in [-0.15, -0.1) is 0 Å². The number of hydrogen-bond donors (Lipinski definition) is 0. The second-order valence-electron chi connectivity index (χ2n) is 5.19. The largest absolute Gasteiger partial charge is 0.358 e. The highest BCUT2D eigenvalue weighted by molar-refractivity contribution is 7.92. The van der Waals surface area contributed by atoms with Crippen LogP contribution >= 0.6 is 11.3 Å². The Morgan fingerprint density at radius 1 is 1.35 bits per heavy atom. The third kappa shape index (κ3) is 3.12. The van der Waals surface area contributed by atoms with Gasteiger partial charge in [0.25, 0.3) is 0 Å². The van der Waals surface area contributed by atoms with E-state index in [2.05, 4.69) is 0 Å². The van der Waals surface area contributed by atoms with E-state index in [4.69, 9.17) is 0 Å². The topological polar surface area (TPSA) is 80.5 Å². The van der Waals surface area contributed by atoms with Crippen molar-refractivity contribution in [3.63, 3.8) is 0 Å². The minimum Gasteiger partial charge on any atom is -0.358 e. The van der Waals surface area contributed by atoms with Gasteiger partial charge in [0.1, 0.15) is 4.21 Å². The average molecular weight is 318 g/mol. The molecular weight excluding hydrogens is 300 g/mol. The Hall–Kier alpha value is -1.15. The molecule has 1 aliphatic carbocycles. The fourth-order valence-electron chi connectivity index (χ4n) is 2.55. The van der Waals surface area contributed by atoms with Gasteiger partial charge < -0.3 is 4.90 Å². The summed E-state index contributed by atoms with van der Waals surface area (Å²) in [5, 5.41) is 11.6. The lowest BCUT2D eigenvalue weighted by atomic mass is 9.94. The number of rotatable bonds is 4. The van der Waals surface area contributed by atoms with E-state index in [1.165, 1.54) is 12.5 Å². The Morgan fingerprint density at radius 2 is 1.95 bits per heavy atom. The highest BCUT2D eigenvalue weighted by atomic mass is 32.2. The molecule has 6 nitrogen and oxygen atoms in total. The van der Waals surface area contributed by atoms with E-state index in [0.29, 0.717) is 5.00 Å². The Morgan fingerprint density at radius 3 is 2.45 bits per heavy atom. The van der Waals surface area contributed by atoms with Gasteiger partial charge in [0, 0.05) is 25.4 Å². The summed E-state index contributed by atoms with van der Waals surface area (Å²) < 4.78 is 23.2. The fourth-order valence-corrected chi connectivity index (χ4v) is 4.61. The van der Waals surface area contributed by atoms with Gasteiger partial charge in [0.2, 0.25) is 0 Å². The van der Waals surface area contributed by atoms with E-state index >= 15 is 0 Å². The Bertz CT molecular complexity index is 603. The first-order valence-electron chi connectivity index (χ1n) is 6.52. The fraction of sp³-hybridized carbons (Fsp3) is 0.667. The molecule has 1 saturated carbocycles. The summed E-state index contributed by atoms with van der Waals surface area (Å²) in [5.74, 6) is 0. The zero-order chi connectivity index (χ0) is 14.9. The molecule has 1 aromatic heterocycles. The summed E-state index contributed by atoms with van der Waals surface area (Å²) in [4.78, 5) is 12.5. The first kappa shape index (κ1) is 15.2. The number of nitrogens with zero attached hydrogens (tertiary/aromatic N) is 2. The monoisotopic (exact) mass is 318 g/mol. The molecule has 112 valence electrons. The maximum Gasteiger partial charge on any atom is 0.305 e. The lowest BCUT2D eigenvalue weighted by Crippen LogP contribution is -2.33. The Kier molecular flexibility index (Phi) is 4.33. The van der Waals surface area contributed by atoms with E-state index in [1.54, 1.807) is 0 Å². The number of nitro groups is 1. The molecule has 0 aliphatic heterocycles. The Balaban J connectivity index is 2.38. The van der Waals surface area contributed by atoms with Crippen molar-refractivity contribution in [2.24, 2.45) is 0 Å². The molecule has 0 atom stereocenters. The van der Waals surface area contributed by atoms with Crippen LogP contribution in [0.4, 0.5) is 10.7 Å². The summed E-state index contributed by atoms with van der Waals surface area (Å²) in [6.45, 7) is 0. The van der Waals surface area contributed by atoms with Gasteiger partial charge in [-0.05, 0) is 12.8 Å². The minimum absolute atomic E-state index is 0.0573. The van der Waals surface area contributed by atoms with Gasteiger partial charge in [0.15, 0.2) is 14.8 Å². The molecule has 0 saturated heterocycles.